The van der Waals surface area contributed by atoms with Crippen LogP contribution in [0, 0.1) is 0 Å². The van der Waals surface area contributed by atoms with E-state index in [4.69, 9.17) is 10.5 Å². The molecule has 1 atom stereocenters. The Morgan fingerprint density at radius 1 is 1.37 bits per heavy atom. The van der Waals surface area contributed by atoms with Gasteiger partial charge in [0.05, 0.1) is 7.11 Å². The van der Waals surface area contributed by atoms with Crippen LogP contribution in [0.5, 0.6) is 5.75 Å². The Balaban J connectivity index is 2.23. The third-order valence-corrected chi connectivity index (χ3v) is 5.13. The van der Waals surface area contributed by atoms with Gasteiger partial charge in [0.25, 0.3) is 0 Å². The summed E-state index contributed by atoms with van der Waals surface area (Å²) in [7, 11) is 1.75. The molecule has 1 aromatic rings. The zero-order valence-electron chi connectivity index (χ0n) is 12.0. The van der Waals surface area contributed by atoms with Gasteiger partial charge in [-0.25, -0.2) is 0 Å². The molecule has 19 heavy (non-hydrogen) atoms. The van der Waals surface area contributed by atoms with Gasteiger partial charge < -0.3 is 10.5 Å². The molecule has 3 heteroatoms. The molecule has 1 saturated heterocycles. The molecular formula is C16H25NOS. The Hall–Kier alpha value is -0.670. The highest BCUT2D eigenvalue weighted by molar-refractivity contribution is 7.99. The molecule has 0 aliphatic carbocycles. The van der Waals surface area contributed by atoms with Crippen LogP contribution >= 0.6 is 11.8 Å². The van der Waals surface area contributed by atoms with Crippen molar-refractivity contribution >= 4 is 11.8 Å². The van der Waals surface area contributed by atoms with Gasteiger partial charge in [0.1, 0.15) is 5.75 Å². The van der Waals surface area contributed by atoms with Crippen molar-refractivity contribution in [1.82, 2.24) is 0 Å². The summed E-state index contributed by atoms with van der Waals surface area (Å²) >= 11 is 2.08. The smallest absolute Gasteiger partial charge is 0.122 e. The molecule has 2 rings (SSSR count). The summed E-state index contributed by atoms with van der Waals surface area (Å²) in [5.41, 5.74) is 8.50. The summed E-state index contributed by atoms with van der Waals surface area (Å²) in [4.78, 5) is 0. The van der Waals surface area contributed by atoms with Crippen molar-refractivity contribution in [3.05, 3.63) is 29.3 Å². The fraction of sp³-hybridized carbons (Fsp3) is 0.625. The molecule has 1 aromatic carbocycles. The van der Waals surface area contributed by atoms with Gasteiger partial charge in [0.15, 0.2) is 0 Å². The Kier molecular flexibility index (Phi) is 5.59. The van der Waals surface area contributed by atoms with Crippen LogP contribution in [0.15, 0.2) is 18.2 Å². The molecule has 0 bridgehead atoms. The van der Waals surface area contributed by atoms with Crippen molar-refractivity contribution in [2.45, 2.75) is 38.0 Å². The minimum Gasteiger partial charge on any atom is -0.496 e. The Morgan fingerprint density at radius 2 is 2.11 bits per heavy atom. The number of ether oxygens (including phenoxy) is 1. The minimum atomic E-state index is 0.470. The van der Waals surface area contributed by atoms with E-state index in [9.17, 15) is 0 Å². The summed E-state index contributed by atoms with van der Waals surface area (Å²) in [6.45, 7) is 2.97. The maximum atomic E-state index is 5.70. The van der Waals surface area contributed by atoms with Gasteiger partial charge in [-0.2, -0.15) is 11.8 Å². The van der Waals surface area contributed by atoms with E-state index in [1.807, 2.05) is 0 Å². The van der Waals surface area contributed by atoms with Gasteiger partial charge >= 0.3 is 0 Å². The first kappa shape index (κ1) is 14.7. The van der Waals surface area contributed by atoms with E-state index in [1.54, 1.807) is 7.11 Å². The van der Waals surface area contributed by atoms with Gasteiger partial charge in [0.2, 0.25) is 0 Å². The van der Waals surface area contributed by atoms with E-state index >= 15 is 0 Å². The highest BCUT2D eigenvalue weighted by atomic mass is 32.2. The van der Waals surface area contributed by atoms with Crippen molar-refractivity contribution < 1.29 is 4.74 Å². The summed E-state index contributed by atoms with van der Waals surface area (Å²) in [5, 5.41) is 0. The topological polar surface area (TPSA) is 35.2 Å². The van der Waals surface area contributed by atoms with E-state index in [0.29, 0.717) is 5.92 Å². The summed E-state index contributed by atoms with van der Waals surface area (Å²) < 4.78 is 5.51. The van der Waals surface area contributed by atoms with Crippen LogP contribution in [0.4, 0.5) is 0 Å². The zero-order valence-corrected chi connectivity index (χ0v) is 12.8. The number of rotatable bonds is 5. The van der Waals surface area contributed by atoms with E-state index in [-0.39, 0.29) is 0 Å². The van der Waals surface area contributed by atoms with Gasteiger partial charge in [0, 0.05) is 0 Å². The molecule has 2 nitrogen and oxygen atoms in total. The number of methoxy groups -OCH3 is 1. The lowest BCUT2D eigenvalue weighted by Gasteiger charge is -2.24. The van der Waals surface area contributed by atoms with Crippen LogP contribution in [0.25, 0.3) is 0 Å². The quantitative estimate of drug-likeness (QED) is 0.891. The molecule has 1 aliphatic heterocycles. The molecular weight excluding hydrogens is 254 g/mol. The van der Waals surface area contributed by atoms with E-state index in [1.165, 1.54) is 35.5 Å². The van der Waals surface area contributed by atoms with Gasteiger partial charge in [-0.15, -0.1) is 0 Å². The highest BCUT2D eigenvalue weighted by Crippen LogP contribution is 2.36. The van der Waals surface area contributed by atoms with Gasteiger partial charge in [-0.1, -0.05) is 19.1 Å². The van der Waals surface area contributed by atoms with Crippen molar-refractivity contribution in [3.8, 4) is 5.75 Å². The summed E-state index contributed by atoms with van der Waals surface area (Å²) in [6, 6.07) is 6.75. The van der Waals surface area contributed by atoms with Crippen molar-refractivity contribution in [2.75, 3.05) is 25.2 Å². The monoisotopic (exact) mass is 279 g/mol. The molecule has 106 valence electrons. The summed E-state index contributed by atoms with van der Waals surface area (Å²) in [6.07, 6.45) is 3.63. The number of hydrogen-bond donors (Lipinski definition) is 1. The van der Waals surface area contributed by atoms with Crippen LogP contribution < -0.4 is 10.5 Å². The van der Waals surface area contributed by atoms with Crippen LogP contribution in [-0.2, 0) is 0 Å². The molecule has 0 radical (unpaired) electrons. The summed E-state index contributed by atoms with van der Waals surface area (Å²) in [5.74, 6) is 4.80. The second-order valence-electron chi connectivity index (χ2n) is 5.37. The molecule has 1 fully saturated rings. The molecule has 0 amide bonds. The molecule has 1 heterocycles. The SMILES string of the molecule is COc1ccc(C2CCSCC2)cc1C(C)CCN. The molecule has 2 N–H and O–H groups in total. The fourth-order valence-electron chi connectivity index (χ4n) is 2.83. The van der Waals surface area contributed by atoms with Crippen LogP contribution in [0.2, 0.25) is 0 Å². The van der Waals surface area contributed by atoms with Crippen LogP contribution in [0.3, 0.4) is 0 Å². The average Bonchev–Trinajstić information content (AvgIpc) is 2.47. The Bertz CT molecular complexity index is 402. The van der Waals surface area contributed by atoms with Crippen molar-refractivity contribution in [1.29, 1.82) is 0 Å². The van der Waals surface area contributed by atoms with Gasteiger partial charge in [-0.3, -0.25) is 0 Å². The lowest BCUT2D eigenvalue weighted by atomic mass is 9.88. The van der Waals surface area contributed by atoms with E-state index < -0.39 is 0 Å². The third kappa shape index (κ3) is 3.67. The lowest BCUT2D eigenvalue weighted by Crippen LogP contribution is -2.10. The normalized spacial score (nSPS) is 18.3. The molecule has 0 spiro atoms. The first-order valence-electron chi connectivity index (χ1n) is 7.22. The number of nitrogens with two attached hydrogens (primary N) is 1. The number of thioether (sulfide) groups is 1. The maximum absolute atomic E-state index is 5.70. The minimum absolute atomic E-state index is 0.470. The second kappa shape index (κ2) is 7.20. The van der Waals surface area contributed by atoms with Gasteiger partial charge in [-0.05, 0) is 66.3 Å². The van der Waals surface area contributed by atoms with Crippen molar-refractivity contribution in [3.63, 3.8) is 0 Å². The molecule has 1 unspecified atom stereocenters. The van der Waals surface area contributed by atoms with Crippen LogP contribution in [-0.4, -0.2) is 25.2 Å². The Morgan fingerprint density at radius 3 is 2.74 bits per heavy atom. The standard InChI is InChI=1S/C16H25NOS/c1-12(5-8-17)15-11-14(3-4-16(15)18-2)13-6-9-19-10-7-13/h3-4,11-13H,5-10,17H2,1-2H3. The predicted octanol–water partition coefficient (Wildman–Crippen LogP) is 3.76. The lowest BCUT2D eigenvalue weighted by molar-refractivity contribution is 0.405. The predicted molar refractivity (Wildman–Crippen MR) is 84.4 cm³/mol. The van der Waals surface area contributed by atoms with E-state index in [2.05, 4.69) is 36.9 Å². The molecule has 0 aromatic heterocycles. The third-order valence-electron chi connectivity index (χ3n) is 4.08. The van der Waals surface area contributed by atoms with E-state index in [0.717, 1.165) is 24.6 Å². The largest absolute Gasteiger partial charge is 0.496 e. The maximum Gasteiger partial charge on any atom is 0.122 e. The second-order valence-corrected chi connectivity index (χ2v) is 6.59. The first-order chi connectivity index (χ1) is 9.26. The number of hydrogen-bond acceptors (Lipinski definition) is 3. The zero-order chi connectivity index (χ0) is 13.7. The van der Waals surface area contributed by atoms with Crippen LogP contribution in [0.1, 0.15) is 49.1 Å². The highest BCUT2D eigenvalue weighted by Gasteiger charge is 2.18. The first-order valence-corrected chi connectivity index (χ1v) is 8.37. The average molecular weight is 279 g/mol. The Labute approximate surface area is 121 Å². The molecule has 1 aliphatic rings. The fourth-order valence-corrected chi connectivity index (χ4v) is 3.93. The van der Waals surface area contributed by atoms with Crippen molar-refractivity contribution in [2.24, 2.45) is 5.73 Å². The molecule has 0 saturated carbocycles. The number of benzene rings is 1.